The average Bonchev–Trinajstić information content (AvgIpc) is 2.41. The molecule has 0 fully saturated rings. The van der Waals surface area contributed by atoms with Crippen molar-refractivity contribution in [2.45, 2.75) is 13.0 Å². The summed E-state index contributed by atoms with van der Waals surface area (Å²) in [5.41, 5.74) is 16.8. The summed E-state index contributed by atoms with van der Waals surface area (Å²) in [6.07, 6.45) is 0. The Bertz CT molecular complexity index is 470. The number of benzene rings is 2. The molecule has 20 heavy (non-hydrogen) atoms. The van der Waals surface area contributed by atoms with Gasteiger partial charge in [0.2, 0.25) is 0 Å². The second-order valence-corrected chi connectivity index (χ2v) is 3.98. The number of rotatable bonds is 2. The Morgan fingerprint density at radius 1 is 0.900 bits per heavy atom. The predicted molar refractivity (Wildman–Crippen MR) is 79.0 cm³/mol. The van der Waals surface area contributed by atoms with Crippen molar-refractivity contribution in [3.8, 4) is 0 Å². The second kappa shape index (κ2) is 13.5. The largest absolute Gasteiger partial charge is 0.699 e. The topological polar surface area (TPSA) is 47.6 Å². The van der Waals surface area contributed by atoms with Crippen molar-refractivity contribution in [3.63, 3.8) is 0 Å². The van der Waals surface area contributed by atoms with Crippen LogP contribution in [0.2, 0.25) is 0 Å². The zero-order valence-corrected chi connectivity index (χ0v) is 21.2. The predicted octanol–water partition coefficient (Wildman–Crippen LogP) is 5.51. The Kier molecular flexibility index (Phi) is 15.6. The Morgan fingerprint density at radius 2 is 1.30 bits per heavy atom. The summed E-state index contributed by atoms with van der Waals surface area (Å²) >= 11 is 0. The summed E-state index contributed by atoms with van der Waals surface area (Å²) in [5, 5.41) is 0. The maximum Gasteiger partial charge on any atom is 0 e. The molecule has 0 aromatic heterocycles. The van der Waals surface area contributed by atoms with Crippen molar-refractivity contribution in [1.29, 1.82) is 0 Å². The van der Waals surface area contributed by atoms with E-state index in [1.165, 1.54) is 0 Å². The summed E-state index contributed by atoms with van der Waals surface area (Å²) < 4.78 is 0. The van der Waals surface area contributed by atoms with Crippen LogP contribution >= 0.6 is 0 Å². The van der Waals surface area contributed by atoms with Crippen molar-refractivity contribution >= 4 is 5.70 Å². The summed E-state index contributed by atoms with van der Waals surface area (Å²) in [5.74, 6) is 0. The first kappa shape index (κ1) is 23.1. The van der Waals surface area contributed by atoms with E-state index in [4.69, 9.17) is 11.5 Å². The van der Waals surface area contributed by atoms with Gasteiger partial charge in [0.1, 0.15) is 0 Å². The molecule has 2 nitrogen and oxygen atoms in total. The van der Waals surface area contributed by atoms with Crippen LogP contribution in [0.15, 0.2) is 67.2 Å². The first-order valence-corrected chi connectivity index (χ1v) is 5.83. The molecule has 0 amide bonds. The van der Waals surface area contributed by atoms with Crippen LogP contribution in [0.4, 0.5) is 0 Å². The Labute approximate surface area is 193 Å². The average molecular weight is 692 g/mol. The van der Waals surface area contributed by atoms with Crippen LogP contribution in [-0.2, 0) is 0 Å². The third-order valence-corrected chi connectivity index (χ3v) is 2.42. The molecule has 0 aliphatic rings. The standard InChI is InChI=1S/C8H10N.C8H8N.2Ac/c2*1-7(9)8-5-3-2-4-6-8;;/h2-7,9H,1H3;2-6,9H,1H2;;/q2*-1;;. The van der Waals surface area contributed by atoms with Gasteiger partial charge in [0.15, 0.2) is 0 Å². The Morgan fingerprint density at radius 3 is 1.55 bits per heavy atom. The van der Waals surface area contributed by atoms with Gasteiger partial charge in [-0.25, -0.2) is 0 Å². The fourth-order valence-corrected chi connectivity index (χ4v) is 1.38. The van der Waals surface area contributed by atoms with Crippen molar-refractivity contribution in [3.05, 3.63) is 89.8 Å². The minimum atomic E-state index is -0.0915. The number of hydrogen-bond donors (Lipinski definition) is 0. The third kappa shape index (κ3) is 9.70. The van der Waals surface area contributed by atoms with Crippen molar-refractivity contribution in [2.75, 3.05) is 0 Å². The number of hydrogen-bond acceptors (Lipinski definition) is 0. The molecule has 0 spiro atoms. The molecular formula is C16H18Ac2N2-2. The van der Waals surface area contributed by atoms with Crippen LogP contribution in [0.5, 0.6) is 0 Å². The maximum absolute atomic E-state index is 7.32. The molecular weight excluding hydrogens is 674 g/mol. The van der Waals surface area contributed by atoms with E-state index in [1.54, 1.807) is 0 Å². The fourth-order valence-electron chi connectivity index (χ4n) is 1.38. The Hall–Kier alpha value is 0.823. The Balaban J connectivity index is 0. The maximum atomic E-state index is 7.32. The van der Waals surface area contributed by atoms with E-state index >= 15 is 0 Å². The molecule has 0 heterocycles. The fraction of sp³-hybridized carbons (Fsp3) is 0.125. The van der Waals surface area contributed by atoms with Crippen molar-refractivity contribution in [2.24, 2.45) is 0 Å². The summed E-state index contributed by atoms with van der Waals surface area (Å²) in [6, 6.07) is 19.2. The van der Waals surface area contributed by atoms with Gasteiger partial charge in [0, 0.05) is 88.1 Å². The second-order valence-electron chi connectivity index (χ2n) is 3.98. The molecule has 2 radical (unpaired) electrons. The molecule has 0 aliphatic heterocycles. The van der Waals surface area contributed by atoms with E-state index < -0.39 is 0 Å². The van der Waals surface area contributed by atoms with Crippen molar-refractivity contribution in [1.82, 2.24) is 0 Å². The van der Waals surface area contributed by atoms with Gasteiger partial charge < -0.3 is 11.5 Å². The molecule has 0 saturated heterocycles. The van der Waals surface area contributed by atoms with E-state index in [0.29, 0.717) is 5.70 Å². The molecule has 0 aliphatic carbocycles. The summed E-state index contributed by atoms with van der Waals surface area (Å²) in [7, 11) is 0. The molecule has 2 aromatic rings. The van der Waals surface area contributed by atoms with Crippen LogP contribution in [0.1, 0.15) is 24.1 Å². The molecule has 4 heteroatoms. The van der Waals surface area contributed by atoms with Gasteiger partial charge in [0.05, 0.1) is 0 Å². The van der Waals surface area contributed by atoms with Crippen molar-refractivity contribution < 1.29 is 88.1 Å². The van der Waals surface area contributed by atoms with Gasteiger partial charge in [-0.05, 0) is 5.56 Å². The summed E-state index contributed by atoms with van der Waals surface area (Å²) in [4.78, 5) is 0. The molecule has 2 aromatic carbocycles. The minimum absolute atomic E-state index is 0. The van der Waals surface area contributed by atoms with E-state index in [-0.39, 0.29) is 94.2 Å². The number of nitrogens with one attached hydrogen (secondary N) is 2. The first-order chi connectivity index (χ1) is 8.61. The molecule has 2 rings (SSSR count). The van der Waals surface area contributed by atoms with E-state index in [1.807, 2.05) is 67.6 Å². The summed E-state index contributed by atoms with van der Waals surface area (Å²) in [6.45, 7) is 5.36. The third-order valence-electron chi connectivity index (χ3n) is 2.42. The van der Waals surface area contributed by atoms with Gasteiger partial charge in [-0.15, -0.1) is 18.3 Å². The van der Waals surface area contributed by atoms with E-state index in [2.05, 4.69) is 6.58 Å². The normalized spacial score (nSPS) is 9.90. The first-order valence-electron chi connectivity index (χ1n) is 5.83. The van der Waals surface area contributed by atoms with Gasteiger partial charge >= 0.3 is 0 Å². The molecule has 0 bridgehead atoms. The molecule has 0 saturated carbocycles. The zero-order chi connectivity index (χ0) is 13.4. The van der Waals surface area contributed by atoms with E-state index in [0.717, 1.165) is 11.1 Å². The van der Waals surface area contributed by atoms with Crippen LogP contribution < -0.4 is 0 Å². The van der Waals surface area contributed by atoms with Crippen LogP contribution in [0.25, 0.3) is 17.2 Å². The monoisotopic (exact) mass is 692 g/mol. The smallest absolute Gasteiger partial charge is 0 e. The van der Waals surface area contributed by atoms with Crippen LogP contribution in [0.3, 0.4) is 0 Å². The molecule has 100 valence electrons. The van der Waals surface area contributed by atoms with E-state index in [9.17, 15) is 0 Å². The zero-order valence-electron chi connectivity index (χ0n) is 11.7. The van der Waals surface area contributed by atoms with Gasteiger partial charge in [0.25, 0.3) is 0 Å². The molecule has 1 atom stereocenters. The molecule has 1 unspecified atom stereocenters. The SMILES string of the molecule is C=C([NH-])c1ccccc1.CC([NH-])c1ccccc1.[Ac].[Ac]. The van der Waals surface area contributed by atoms with Gasteiger partial charge in [-0.2, -0.15) is 0 Å². The molecule has 2 N–H and O–H groups in total. The van der Waals surface area contributed by atoms with Gasteiger partial charge in [-0.1, -0.05) is 73.2 Å². The quantitative estimate of drug-likeness (QED) is 0.399. The minimum Gasteiger partial charge on any atom is -0.699 e. The van der Waals surface area contributed by atoms with Crippen LogP contribution in [-0.4, -0.2) is 0 Å². The van der Waals surface area contributed by atoms with Crippen LogP contribution in [0, 0.1) is 88.1 Å². The van der Waals surface area contributed by atoms with Gasteiger partial charge in [-0.3, -0.25) is 0 Å².